The fourth-order valence-corrected chi connectivity index (χ4v) is 1.83. The van der Waals surface area contributed by atoms with E-state index in [-0.39, 0.29) is 0 Å². The monoisotopic (exact) mass is 227 g/mol. The maximum absolute atomic E-state index is 8.62. The molecule has 78 valence electrons. The van der Waals surface area contributed by atoms with E-state index in [0.29, 0.717) is 11.4 Å². The summed E-state index contributed by atoms with van der Waals surface area (Å²) in [6.07, 6.45) is 0.355. The molecule has 0 saturated heterocycles. The van der Waals surface area contributed by atoms with E-state index in [1.807, 2.05) is 48.5 Å². The molecule has 0 radical (unpaired) electrons. The van der Waals surface area contributed by atoms with Crippen molar-refractivity contribution >= 4 is 11.6 Å². The Hall–Kier alpha value is -1.78. The van der Waals surface area contributed by atoms with Gasteiger partial charge >= 0.3 is 0 Å². The van der Waals surface area contributed by atoms with E-state index in [0.717, 1.165) is 16.7 Å². The molecule has 0 fully saturated rings. The summed E-state index contributed by atoms with van der Waals surface area (Å²) in [5.41, 5.74) is 3.09. The van der Waals surface area contributed by atoms with Gasteiger partial charge in [0.1, 0.15) is 0 Å². The van der Waals surface area contributed by atoms with Crippen LogP contribution < -0.4 is 0 Å². The molecule has 2 heteroatoms. The third-order valence-electron chi connectivity index (χ3n) is 2.43. The summed E-state index contributed by atoms with van der Waals surface area (Å²) in [4.78, 5) is 0. The lowest BCUT2D eigenvalue weighted by molar-refractivity contribution is 1.26. The molecular weight excluding hydrogens is 218 g/mol. The Balaban J connectivity index is 2.39. The average Bonchev–Trinajstić information content (AvgIpc) is 2.33. The zero-order chi connectivity index (χ0) is 11.4. The summed E-state index contributed by atoms with van der Waals surface area (Å²) in [5.74, 6) is 0. The number of hydrogen-bond acceptors (Lipinski definition) is 1. The number of rotatable bonds is 2. The first-order valence-corrected chi connectivity index (χ1v) is 5.40. The van der Waals surface area contributed by atoms with E-state index < -0.39 is 0 Å². The first kappa shape index (κ1) is 10.7. The maximum Gasteiger partial charge on any atom is 0.0670 e. The lowest BCUT2D eigenvalue weighted by atomic mass is 10.0. The number of nitrogens with zero attached hydrogens (tertiary/aromatic N) is 1. The summed E-state index contributed by atoms with van der Waals surface area (Å²) in [6, 6.07) is 18.0. The second kappa shape index (κ2) is 4.83. The van der Waals surface area contributed by atoms with Gasteiger partial charge in [0.15, 0.2) is 0 Å². The molecule has 2 aromatic carbocycles. The van der Waals surface area contributed by atoms with Crippen LogP contribution in [-0.2, 0) is 6.42 Å². The summed E-state index contributed by atoms with van der Waals surface area (Å²) < 4.78 is 0. The number of nitriles is 1. The van der Waals surface area contributed by atoms with Gasteiger partial charge in [0.25, 0.3) is 0 Å². The van der Waals surface area contributed by atoms with E-state index in [4.69, 9.17) is 16.9 Å². The highest BCUT2D eigenvalue weighted by Crippen LogP contribution is 2.25. The van der Waals surface area contributed by atoms with Gasteiger partial charge in [-0.3, -0.25) is 0 Å². The first-order valence-electron chi connectivity index (χ1n) is 5.02. The summed E-state index contributed by atoms with van der Waals surface area (Å²) in [7, 11) is 0. The van der Waals surface area contributed by atoms with Crippen LogP contribution in [0.4, 0.5) is 0 Å². The van der Waals surface area contributed by atoms with Crippen molar-refractivity contribution in [2.75, 3.05) is 0 Å². The van der Waals surface area contributed by atoms with Crippen molar-refractivity contribution in [3.05, 3.63) is 59.1 Å². The van der Waals surface area contributed by atoms with E-state index in [1.165, 1.54) is 0 Å². The van der Waals surface area contributed by atoms with Crippen molar-refractivity contribution in [3.63, 3.8) is 0 Å². The Labute approximate surface area is 99.9 Å². The van der Waals surface area contributed by atoms with Gasteiger partial charge in [0.05, 0.1) is 12.5 Å². The van der Waals surface area contributed by atoms with Gasteiger partial charge in [-0.2, -0.15) is 5.26 Å². The standard InChI is InChI=1S/C14H10ClN/c15-14-10-13(7-6-12(14)8-9-16)11-4-2-1-3-5-11/h1-7,10H,8H2. The van der Waals surface area contributed by atoms with Crippen LogP contribution in [0.15, 0.2) is 48.5 Å². The molecule has 0 saturated carbocycles. The van der Waals surface area contributed by atoms with Crippen LogP contribution in [0.5, 0.6) is 0 Å². The molecule has 0 aromatic heterocycles. The molecule has 0 unspecified atom stereocenters. The SMILES string of the molecule is N#CCc1ccc(-c2ccccc2)cc1Cl. The Morgan fingerprint density at radius 3 is 2.38 bits per heavy atom. The number of halogens is 1. The molecule has 0 amide bonds. The quantitative estimate of drug-likeness (QED) is 0.759. The fraction of sp³-hybridized carbons (Fsp3) is 0.0714. The van der Waals surface area contributed by atoms with Crippen molar-refractivity contribution < 1.29 is 0 Å². The summed E-state index contributed by atoms with van der Waals surface area (Å²) in [6.45, 7) is 0. The van der Waals surface area contributed by atoms with Crippen molar-refractivity contribution in [1.29, 1.82) is 5.26 Å². The van der Waals surface area contributed by atoms with Gasteiger partial charge < -0.3 is 0 Å². The van der Waals surface area contributed by atoms with Crippen LogP contribution >= 0.6 is 11.6 Å². The molecule has 0 N–H and O–H groups in total. The van der Waals surface area contributed by atoms with Gasteiger partial charge in [0.2, 0.25) is 0 Å². The molecule has 0 aliphatic rings. The molecule has 16 heavy (non-hydrogen) atoms. The normalized spacial score (nSPS) is 9.75. The second-order valence-electron chi connectivity index (χ2n) is 3.51. The Kier molecular flexibility index (Phi) is 3.24. The van der Waals surface area contributed by atoms with E-state index >= 15 is 0 Å². The van der Waals surface area contributed by atoms with Crippen LogP contribution in [0.1, 0.15) is 5.56 Å². The molecular formula is C14H10ClN. The first-order chi connectivity index (χ1) is 7.81. The topological polar surface area (TPSA) is 23.8 Å². The molecule has 2 aromatic rings. The van der Waals surface area contributed by atoms with Gasteiger partial charge in [-0.05, 0) is 22.8 Å². The maximum atomic E-state index is 8.62. The Morgan fingerprint density at radius 1 is 1.00 bits per heavy atom. The third kappa shape index (κ3) is 2.24. The van der Waals surface area contributed by atoms with Crippen molar-refractivity contribution in [2.45, 2.75) is 6.42 Å². The van der Waals surface area contributed by atoms with Crippen LogP contribution in [0.2, 0.25) is 5.02 Å². The minimum atomic E-state index is 0.355. The Morgan fingerprint density at radius 2 is 1.75 bits per heavy atom. The molecule has 0 aliphatic heterocycles. The number of benzene rings is 2. The molecule has 0 aliphatic carbocycles. The van der Waals surface area contributed by atoms with E-state index in [1.54, 1.807) is 0 Å². The minimum Gasteiger partial charge on any atom is -0.198 e. The molecule has 2 rings (SSSR count). The minimum absolute atomic E-state index is 0.355. The van der Waals surface area contributed by atoms with Crippen molar-refractivity contribution in [1.82, 2.24) is 0 Å². The van der Waals surface area contributed by atoms with Crippen molar-refractivity contribution in [2.24, 2.45) is 0 Å². The zero-order valence-electron chi connectivity index (χ0n) is 8.65. The lowest BCUT2D eigenvalue weighted by Gasteiger charge is -2.04. The van der Waals surface area contributed by atoms with Crippen LogP contribution in [0.3, 0.4) is 0 Å². The molecule has 1 nitrogen and oxygen atoms in total. The zero-order valence-corrected chi connectivity index (χ0v) is 9.41. The average molecular weight is 228 g/mol. The van der Waals surface area contributed by atoms with Crippen molar-refractivity contribution in [3.8, 4) is 17.2 Å². The van der Waals surface area contributed by atoms with E-state index in [2.05, 4.69) is 6.07 Å². The van der Waals surface area contributed by atoms with Crippen LogP contribution in [0, 0.1) is 11.3 Å². The molecule has 0 spiro atoms. The van der Waals surface area contributed by atoms with E-state index in [9.17, 15) is 0 Å². The largest absolute Gasteiger partial charge is 0.198 e. The highest BCUT2D eigenvalue weighted by molar-refractivity contribution is 6.31. The van der Waals surface area contributed by atoms with Gasteiger partial charge in [0, 0.05) is 5.02 Å². The predicted octanol–water partition coefficient (Wildman–Crippen LogP) is 4.07. The third-order valence-corrected chi connectivity index (χ3v) is 2.78. The molecule has 0 heterocycles. The van der Waals surface area contributed by atoms with Gasteiger partial charge in [-0.1, -0.05) is 54.1 Å². The summed E-state index contributed by atoms with van der Waals surface area (Å²) in [5, 5.41) is 9.28. The summed E-state index contributed by atoms with van der Waals surface area (Å²) >= 11 is 6.11. The fourth-order valence-electron chi connectivity index (χ4n) is 1.59. The van der Waals surface area contributed by atoms with Gasteiger partial charge in [-0.15, -0.1) is 0 Å². The predicted molar refractivity (Wildman–Crippen MR) is 66.2 cm³/mol. The smallest absolute Gasteiger partial charge is 0.0670 e. The highest BCUT2D eigenvalue weighted by Gasteiger charge is 2.02. The van der Waals surface area contributed by atoms with Crippen LogP contribution in [0.25, 0.3) is 11.1 Å². The molecule has 0 bridgehead atoms. The second-order valence-corrected chi connectivity index (χ2v) is 3.91. The highest BCUT2D eigenvalue weighted by atomic mass is 35.5. The number of hydrogen-bond donors (Lipinski definition) is 0. The van der Waals surface area contributed by atoms with Crippen LogP contribution in [-0.4, -0.2) is 0 Å². The Bertz CT molecular complexity index is 526. The molecule has 0 atom stereocenters. The van der Waals surface area contributed by atoms with Gasteiger partial charge in [-0.25, -0.2) is 0 Å². The lowest BCUT2D eigenvalue weighted by Crippen LogP contribution is -1.85.